The number of aryl methyl sites for hydroxylation is 2. The van der Waals surface area contributed by atoms with Gasteiger partial charge in [0, 0.05) is 25.6 Å². The van der Waals surface area contributed by atoms with Gasteiger partial charge in [-0.2, -0.15) is 0 Å². The Bertz CT molecular complexity index is 504. The molecule has 2 unspecified atom stereocenters. The third-order valence-corrected chi connectivity index (χ3v) is 4.09. The molecule has 116 valence electrons. The van der Waals surface area contributed by atoms with Crippen molar-refractivity contribution < 1.29 is 14.6 Å². The van der Waals surface area contributed by atoms with E-state index >= 15 is 0 Å². The molecule has 1 aliphatic heterocycles. The molecule has 1 saturated heterocycles. The Balaban J connectivity index is 1.89. The molecule has 0 bridgehead atoms. The monoisotopic (exact) mass is 292 g/mol. The number of β-amino-alcohol motifs (C(OH)–C–C–N with tert-alkyl or cyclic N) is 1. The number of benzene rings is 1. The molecule has 21 heavy (non-hydrogen) atoms. The van der Waals surface area contributed by atoms with Crippen LogP contribution in [0.15, 0.2) is 18.2 Å². The molecular weight excluding hydrogens is 268 g/mol. The van der Waals surface area contributed by atoms with Gasteiger partial charge in [0.25, 0.3) is 0 Å². The molecule has 1 fully saturated rings. The number of carbonyl (C=O) groups excluding carboxylic acids is 1. The fourth-order valence-corrected chi connectivity index (χ4v) is 2.61. The van der Waals surface area contributed by atoms with Crippen LogP contribution < -0.4 is 10.5 Å². The number of piperidine rings is 1. The number of aliphatic hydroxyl groups is 1. The number of likely N-dealkylation sites (tertiary alicyclic amines) is 1. The molecule has 0 aromatic heterocycles. The summed E-state index contributed by atoms with van der Waals surface area (Å²) in [5, 5.41) is 9.75. The lowest BCUT2D eigenvalue weighted by atomic mass is 10.0. The number of rotatable bonds is 4. The number of nitrogens with zero attached hydrogens (tertiary/aromatic N) is 1. The predicted molar refractivity (Wildman–Crippen MR) is 81.2 cm³/mol. The Kier molecular flexibility index (Phi) is 5.20. The molecule has 0 aliphatic carbocycles. The molecule has 2 atom stereocenters. The van der Waals surface area contributed by atoms with Crippen molar-refractivity contribution in [1.29, 1.82) is 0 Å². The number of carbonyl (C=O) groups is 1. The van der Waals surface area contributed by atoms with E-state index in [9.17, 15) is 9.90 Å². The van der Waals surface area contributed by atoms with Gasteiger partial charge in [-0.15, -0.1) is 0 Å². The Labute approximate surface area is 125 Å². The van der Waals surface area contributed by atoms with Crippen molar-refractivity contribution >= 4 is 5.91 Å². The van der Waals surface area contributed by atoms with Crippen LogP contribution >= 0.6 is 0 Å². The second-order valence-electron chi connectivity index (χ2n) is 5.66. The van der Waals surface area contributed by atoms with Crippen LogP contribution in [0.3, 0.4) is 0 Å². The van der Waals surface area contributed by atoms with Crippen LogP contribution in [-0.4, -0.2) is 48.3 Å². The van der Waals surface area contributed by atoms with E-state index in [1.807, 2.05) is 25.1 Å². The van der Waals surface area contributed by atoms with Crippen molar-refractivity contribution in [3.63, 3.8) is 0 Å². The molecule has 0 saturated carbocycles. The number of ether oxygens (including phenoxy) is 1. The summed E-state index contributed by atoms with van der Waals surface area (Å²) in [5.41, 5.74) is 7.92. The normalized spacial score (nSPS) is 22.2. The molecule has 0 radical (unpaired) electrons. The molecule has 0 spiro atoms. The van der Waals surface area contributed by atoms with E-state index < -0.39 is 6.10 Å². The number of hydrogen-bond acceptors (Lipinski definition) is 4. The van der Waals surface area contributed by atoms with Gasteiger partial charge in [-0.1, -0.05) is 12.1 Å². The van der Waals surface area contributed by atoms with E-state index in [4.69, 9.17) is 10.5 Å². The second-order valence-corrected chi connectivity index (χ2v) is 5.66. The molecule has 3 N–H and O–H groups in total. The standard InChI is InChI=1S/C16H24N2O3/c1-11-3-4-12(9-15(11)21-2)5-6-16(20)18-8-7-13(17)14(19)10-18/h3-4,9,13-14,19H,5-8,10,17H2,1-2H3. The first kappa shape index (κ1) is 15.8. The molecule has 1 aromatic carbocycles. The predicted octanol–water partition coefficient (Wildman–Crippen LogP) is 0.857. The zero-order valence-electron chi connectivity index (χ0n) is 12.7. The first-order valence-corrected chi connectivity index (χ1v) is 7.36. The topological polar surface area (TPSA) is 75.8 Å². The molecular formula is C16H24N2O3. The fourth-order valence-electron chi connectivity index (χ4n) is 2.61. The summed E-state index contributed by atoms with van der Waals surface area (Å²) in [7, 11) is 1.65. The van der Waals surface area contributed by atoms with E-state index in [0.717, 1.165) is 16.9 Å². The van der Waals surface area contributed by atoms with Crippen molar-refractivity contribution in [2.45, 2.75) is 38.3 Å². The summed E-state index contributed by atoms with van der Waals surface area (Å²) >= 11 is 0. The maximum Gasteiger partial charge on any atom is 0.222 e. The summed E-state index contributed by atoms with van der Waals surface area (Å²) in [6.07, 6.45) is 1.16. The highest BCUT2D eigenvalue weighted by atomic mass is 16.5. The van der Waals surface area contributed by atoms with E-state index in [0.29, 0.717) is 32.4 Å². The van der Waals surface area contributed by atoms with E-state index in [2.05, 4.69) is 0 Å². The van der Waals surface area contributed by atoms with E-state index in [1.165, 1.54) is 0 Å². The van der Waals surface area contributed by atoms with Gasteiger partial charge >= 0.3 is 0 Å². The van der Waals surface area contributed by atoms with Gasteiger partial charge in [0.15, 0.2) is 0 Å². The van der Waals surface area contributed by atoms with Crippen molar-refractivity contribution in [2.75, 3.05) is 20.2 Å². The lowest BCUT2D eigenvalue weighted by Crippen LogP contribution is -2.52. The second kappa shape index (κ2) is 6.91. The number of aliphatic hydroxyl groups excluding tert-OH is 1. The zero-order valence-corrected chi connectivity index (χ0v) is 12.7. The highest BCUT2D eigenvalue weighted by Crippen LogP contribution is 2.20. The average molecular weight is 292 g/mol. The first-order chi connectivity index (χ1) is 10.0. The molecule has 1 aromatic rings. The molecule has 1 aliphatic rings. The Morgan fingerprint density at radius 1 is 1.52 bits per heavy atom. The van der Waals surface area contributed by atoms with Crippen molar-refractivity contribution in [2.24, 2.45) is 5.73 Å². The van der Waals surface area contributed by atoms with Gasteiger partial charge in [0.2, 0.25) is 5.91 Å². The largest absolute Gasteiger partial charge is 0.496 e. The fraction of sp³-hybridized carbons (Fsp3) is 0.562. The average Bonchev–Trinajstić information content (AvgIpc) is 2.48. The summed E-state index contributed by atoms with van der Waals surface area (Å²) in [6.45, 7) is 2.97. The minimum absolute atomic E-state index is 0.0699. The summed E-state index contributed by atoms with van der Waals surface area (Å²) in [5.74, 6) is 0.916. The lowest BCUT2D eigenvalue weighted by molar-refractivity contribution is -0.134. The molecule has 5 heteroatoms. The summed E-state index contributed by atoms with van der Waals surface area (Å²) in [4.78, 5) is 13.9. The Morgan fingerprint density at radius 3 is 2.95 bits per heavy atom. The molecule has 2 rings (SSSR count). The molecule has 1 amide bonds. The van der Waals surface area contributed by atoms with Gasteiger partial charge < -0.3 is 20.5 Å². The van der Waals surface area contributed by atoms with Crippen LogP contribution in [0.1, 0.15) is 24.0 Å². The van der Waals surface area contributed by atoms with Crippen LogP contribution in [0.2, 0.25) is 0 Å². The van der Waals surface area contributed by atoms with Gasteiger partial charge in [-0.05, 0) is 37.0 Å². The van der Waals surface area contributed by atoms with Crippen LogP contribution in [0.25, 0.3) is 0 Å². The van der Waals surface area contributed by atoms with Gasteiger partial charge in [-0.3, -0.25) is 4.79 Å². The zero-order chi connectivity index (χ0) is 15.4. The molecule has 1 heterocycles. The first-order valence-electron chi connectivity index (χ1n) is 7.36. The minimum atomic E-state index is -0.609. The summed E-state index contributed by atoms with van der Waals surface area (Å²) < 4.78 is 5.29. The lowest BCUT2D eigenvalue weighted by Gasteiger charge is -2.34. The van der Waals surface area contributed by atoms with Gasteiger partial charge in [-0.25, -0.2) is 0 Å². The number of methoxy groups -OCH3 is 1. The van der Waals surface area contributed by atoms with Crippen LogP contribution in [0, 0.1) is 6.92 Å². The maximum atomic E-state index is 12.2. The van der Waals surface area contributed by atoms with E-state index in [1.54, 1.807) is 12.0 Å². The number of hydrogen-bond donors (Lipinski definition) is 2. The third kappa shape index (κ3) is 3.95. The Morgan fingerprint density at radius 2 is 2.29 bits per heavy atom. The van der Waals surface area contributed by atoms with Gasteiger partial charge in [0.05, 0.1) is 13.2 Å². The van der Waals surface area contributed by atoms with Gasteiger partial charge in [0.1, 0.15) is 5.75 Å². The summed E-state index contributed by atoms with van der Waals surface area (Å²) in [6, 6.07) is 5.79. The van der Waals surface area contributed by atoms with Crippen molar-refractivity contribution in [3.8, 4) is 5.75 Å². The smallest absolute Gasteiger partial charge is 0.222 e. The van der Waals surface area contributed by atoms with Crippen molar-refractivity contribution in [1.82, 2.24) is 4.90 Å². The van der Waals surface area contributed by atoms with Crippen LogP contribution in [0.5, 0.6) is 5.75 Å². The maximum absolute atomic E-state index is 12.2. The van der Waals surface area contributed by atoms with Crippen molar-refractivity contribution in [3.05, 3.63) is 29.3 Å². The third-order valence-electron chi connectivity index (χ3n) is 4.09. The Hall–Kier alpha value is -1.59. The number of amides is 1. The van der Waals surface area contributed by atoms with E-state index in [-0.39, 0.29) is 11.9 Å². The minimum Gasteiger partial charge on any atom is -0.496 e. The SMILES string of the molecule is COc1cc(CCC(=O)N2CCC(N)C(O)C2)ccc1C. The highest BCUT2D eigenvalue weighted by Gasteiger charge is 2.27. The highest BCUT2D eigenvalue weighted by molar-refractivity contribution is 5.76. The van der Waals surface area contributed by atoms with Crippen LogP contribution in [0.4, 0.5) is 0 Å². The quantitative estimate of drug-likeness (QED) is 0.863. The number of nitrogens with two attached hydrogens (primary N) is 1. The van der Waals surface area contributed by atoms with Crippen LogP contribution in [-0.2, 0) is 11.2 Å². The molecule has 5 nitrogen and oxygen atoms in total.